The highest BCUT2D eigenvalue weighted by Crippen LogP contribution is 2.31. The zero-order valence-corrected chi connectivity index (χ0v) is 20.5. The lowest BCUT2D eigenvalue weighted by Gasteiger charge is -2.20. The third-order valence-corrected chi connectivity index (χ3v) is 5.78. The maximum atomic E-state index is 12.0. The van der Waals surface area contributed by atoms with E-state index >= 15 is 0 Å². The van der Waals surface area contributed by atoms with Gasteiger partial charge in [-0.05, 0) is 58.2 Å². The van der Waals surface area contributed by atoms with Gasteiger partial charge in [0, 0.05) is 37.1 Å². The van der Waals surface area contributed by atoms with Crippen LogP contribution in [0.15, 0.2) is 18.3 Å². The molecule has 0 aromatic carbocycles. The molecule has 1 aliphatic carbocycles. The van der Waals surface area contributed by atoms with E-state index in [0.717, 1.165) is 61.7 Å². The zero-order chi connectivity index (χ0) is 23.6. The number of anilines is 1. The molecule has 2 aromatic heterocycles. The molecule has 33 heavy (non-hydrogen) atoms. The summed E-state index contributed by atoms with van der Waals surface area (Å²) in [6.07, 6.45) is 7.17. The minimum absolute atomic E-state index is 0.157. The van der Waals surface area contributed by atoms with E-state index < -0.39 is 0 Å². The van der Waals surface area contributed by atoms with E-state index in [1.807, 2.05) is 44.9 Å². The van der Waals surface area contributed by atoms with Gasteiger partial charge in [-0.25, -0.2) is 9.97 Å². The van der Waals surface area contributed by atoms with Gasteiger partial charge in [0.2, 0.25) is 0 Å². The fourth-order valence-corrected chi connectivity index (χ4v) is 4.24. The van der Waals surface area contributed by atoms with Crippen LogP contribution in [0.2, 0.25) is 0 Å². The molecule has 180 valence electrons. The number of rotatable bonds is 9. The number of ether oxygens (including phenoxy) is 2. The van der Waals surface area contributed by atoms with Gasteiger partial charge in [-0.2, -0.15) is 0 Å². The molecule has 2 aromatic rings. The quantitative estimate of drug-likeness (QED) is 0.531. The molecule has 0 bridgehead atoms. The molecular formula is C25H37N5O3. The summed E-state index contributed by atoms with van der Waals surface area (Å²) < 4.78 is 11.1. The van der Waals surface area contributed by atoms with Crippen LogP contribution >= 0.6 is 0 Å². The first kappa shape index (κ1) is 24.9. The van der Waals surface area contributed by atoms with E-state index in [9.17, 15) is 4.79 Å². The number of likely N-dealkylation sites (N-methyl/N-ethyl adjacent to an activating group) is 1. The maximum Gasteiger partial charge on any atom is 0.325 e. The van der Waals surface area contributed by atoms with Crippen molar-refractivity contribution in [3.8, 4) is 17.3 Å². The van der Waals surface area contributed by atoms with Gasteiger partial charge in [-0.15, -0.1) is 0 Å². The number of hydrogen-bond donors (Lipinski definition) is 0. The second-order valence-corrected chi connectivity index (χ2v) is 8.08. The van der Waals surface area contributed by atoms with Gasteiger partial charge in [0.1, 0.15) is 30.4 Å². The van der Waals surface area contributed by atoms with Crippen molar-refractivity contribution in [3.63, 3.8) is 0 Å². The summed E-state index contributed by atoms with van der Waals surface area (Å²) in [7, 11) is 1.87. The summed E-state index contributed by atoms with van der Waals surface area (Å²) in [5.74, 6) is 1.86. The number of hydrogen-bond acceptors (Lipinski definition) is 8. The Balaban J connectivity index is 0.00000149. The smallest absolute Gasteiger partial charge is 0.325 e. The number of aromatic nitrogens is 3. The summed E-state index contributed by atoms with van der Waals surface area (Å²) in [6.45, 7) is 10.3. The highest BCUT2D eigenvalue weighted by atomic mass is 16.5. The number of fused-ring (bicyclic) bond motifs is 1. The monoisotopic (exact) mass is 455 g/mol. The molecular weight excluding hydrogens is 418 g/mol. The Kier molecular flexibility index (Phi) is 9.42. The predicted molar refractivity (Wildman–Crippen MR) is 130 cm³/mol. The van der Waals surface area contributed by atoms with Crippen LogP contribution in [0.5, 0.6) is 5.75 Å². The van der Waals surface area contributed by atoms with E-state index in [2.05, 4.69) is 9.88 Å². The van der Waals surface area contributed by atoms with Crippen LogP contribution in [-0.2, 0) is 22.4 Å². The van der Waals surface area contributed by atoms with E-state index in [1.165, 1.54) is 12.8 Å². The Morgan fingerprint density at radius 2 is 1.94 bits per heavy atom. The Morgan fingerprint density at radius 3 is 2.70 bits per heavy atom. The number of pyridine rings is 1. The predicted octanol–water partition coefficient (Wildman–Crippen LogP) is 3.53. The Hall–Kier alpha value is -2.74. The molecule has 0 amide bonds. The molecule has 0 saturated carbocycles. The first-order valence-corrected chi connectivity index (χ1v) is 12.2. The minimum Gasteiger partial charge on any atom is -0.492 e. The van der Waals surface area contributed by atoms with Gasteiger partial charge < -0.3 is 14.4 Å². The Bertz CT molecular complexity index is 915. The lowest BCUT2D eigenvalue weighted by molar-refractivity contribution is -0.141. The molecule has 3 heterocycles. The molecule has 2 aliphatic rings. The lowest BCUT2D eigenvalue weighted by atomic mass is 10.2. The topological polar surface area (TPSA) is 80.7 Å². The number of carbonyl (C=O) groups excluding carboxylic acids is 1. The Morgan fingerprint density at radius 1 is 1.15 bits per heavy atom. The summed E-state index contributed by atoms with van der Waals surface area (Å²) in [5.41, 5.74) is 2.84. The van der Waals surface area contributed by atoms with E-state index in [-0.39, 0.29) is 12.5 Å². The summed E-state index contributed by atoms with van der Waals surface area (Å²) in [6, 6.07) is 3.77. The lowest BCUT2D eigenvalue weighted by Crippen LogP contribution is -2.29. The van der Waals surface area contributed by atoms with E-state index in [0.29, 0.717) is 24.7 Å². The molecule has 8 nitrogen and oxygen atoms in total. The van der Waals surface area contributed by atoms with E-state index in [1.54, 1.807) is 6.20 Å². The summed E-state index contributed by atoms with van der Waals surface area (Å²) in [5, 5.41) is 0. The zero-order valence-electron chi connectivity index (χ0n) is 20.5. The SMILES string of the molecule is CC.CCOC(=O)CN(C)c1nc(-c2cc(OCCN3CCCC3)ccn2)nc2c1CCC2. The minimum atomic E-state index is -0.261. The van der Waals surface area contributed by atoms with Crippen molar-refractivity contribution in [1.82, 2.24) is 19.9 Å². The molecule has 0 radical (unpaired) electrons. The van der Waals surface area contributed by atoms with Crippen LogP contribution in [-0.4, -0.2) is 72.3 Å². The molecule has 0 spiro atoms. The van der Waals surface area contributed by atoms with Crippen LogP contribution in [0, 0.1) is 0 Å². The Labute approximate surface area is 197 Å². The van der Waals surface area contributed by atoms with Gasteiger partial charge in [-0.3, -0.25) is 14.7 Å². The van der Waals surface area contributed by atoms with Crippen molar-refractivity contribution in [1.29, 1.82) is 0 Å². The van der Waals surface area contributed by atoms with Crippen LogP contribution in [0.1, 0.15) is 51.3 Å². The van der Waals surface area contributed by atoms with Crippen molar-refractivity contribution in [2.24, 2.45) is 0 Å². The van der Waals surface area contributed by atoms with Gasteiger partial charge >= 0.3 is 5.97 Å². The van der Waals surface area contributed by atoms with Gasteiger partial charge in [0.05, 0.1) is 6.61 Å². The summed E-state index contributed by atoms with van der Waals surface area (Å²) in [4.78, 5) is 30.3. The van der Waals surface area contributed by atoms with Crippen molar-refractivity contribution < 1.29 is 14.3 Å². The maximum absolute atomic E-state index is 12.0. The van der Waals surface area contributed by atoms with Crippen LogP contribution in [0.4, 0.5) is 5.82 Å². The highest BCUT2D eigenvalue weighted by molar-refractivity contribution is 5.76. The van der Waals surface area contributed by atoms with Crippen molar-refractivity contribution in [2.45, 2.75) is 52.9 Å². The van der Waals surface area contributed by atoms with Gasteiger partial charge in [-0.1, -0.05) is 13.8 Å². The second-order valence-electron chi connectivity index (χ2n) is 8.08. The standard InChI is InChI=1S/C23H31N5O3.C2H6/c1-3-30-21(29)16-27(2)23-18-7-6-8-19(18)25-22(26-23)20-15-17(9-10-24-20)31-14-13-28-11-4-5-12-28;1-2/h9-10,15H,3-8,11-14,16H2,1-2H3;1-2H3. The van der Waals surface area contributed by atoms with Crippen molar-refractivity contribution in [3.05, 3.63) is 29.6 Å². The fourth-order valence-electron chi connectivity index (χ4n) is 4.24. The molecule has 1 fully saturated rings. The van der Waals surface area contributed by atoms with Gasteiger partial charge in [0.15, 0.2) is 5.82 Å². The normalized spacial score (nSPS) is 14.9. The molecule has 4 rings (SSSR count). The van der Waals surface area contributed by atoms with Gasteiger partial charge in [0.25, 0.3) is 0 Å². The molecule has 1 saturated heterocycles. The largest absolute Gasteiger partial charge is 0.492 e. The average Bonchev–Trinajstić information content (AvgIpc) is 3.52. The number of aryl methyl sites for hydroxylation is 1. The molecule has 8 heteroatoms. The van der Waals surface area contributed by atoms with E-state index in [4.69, 9.17) is 19.4 Å². The van der Waals surface area contributed by atoms with Crippen molar-refractivity contribution >= 4 is 11.8 Å². The number of likely N-dealkylation sites (tertiary alicyclic amines) is 1. The van der Waals surface area contributed by atoms with Crippen LogP contribution in [0.25, 0.3) is 11.5 Å². The molecule has 0 unspecified atom stereocenters. The highest BCUT2D eigenvalue weighted by Gasteiger charge is 2.24. The number of carbonyl (C=O) groups is 1. The van der Waals surface area contributed by atoms with Crippen LogP contribution in [0.3, 0.4) is 0 Å². The molecule has 1 aliphatic heterocycles. The third kappa shape index (κ3) is 6.63. The van der Waals surface area contributed by atoms with Crippen LogP contribution < -0.4 is 9.64 Å². The average molecular weight is 456 g/mol. The second kappa shape index (κ2) is 12.5. The fraction of sp³-hybridized carbons (Fsp3) is 0.600. The molecule has 0 atom stereocenters. The first-order valence-electron chi connectivity index (χ1n) is 12.2. The third-order valence-electron chi connectivity index (χ3n) is 5.78. The summed E-state index contributed by atoms with van der Waals surface area (Å²) >= 11 is 0. The number of esters is 1. The first-order chi connectivity index (χ1) is 16.1. The number of nitrogens with zero attached hydrogens (tertiary/aromatic N) is 5. The molecule has 0 N–H and O–H groups in total. The van der Waals surface area contributed by atoms with Crippen molar-refractivity contribution in [2.75, 3.05) is 51.3 Å².